The lowest BCUT2D eigenvalue weighted by atomic mass is 9.81. The molecule has 1 heterocycles. The van der Waals surface area contributed by atoms with Crippen LogP contribution in [0.3, 0.4) is 0 Å². The van der Waals surface area contributed by atoms with Crippen LogP contribution in [-0.4, -0.2) is 29.2 Å². The topological polar surface area (TPSA) is 75.7 Å². The molecule has 1 aromatic rings. The van der Waals surface area contributed by atoms with Crippen LogP contribution in [0.5, 0.6) is 0 Å². The van der Waals surface area contributed by atoms with Crippen LogP contribution in [0.2, 0.25) is 0 Å². The minimum atomic E-state index is -0.332. The molecule has 3 rings (SSSR count). The van der Waals surface area contributed by atoms with E-state index in [0.717, 1.165) is 31.2 Å². The van der Waals surface area contributed by atoms with E-state index in [-0.39, 0.29) is 49.1 Å². The average molecular weight is 330 g/mol. The van der Waals surface area contributed by atoms with E-state index < -0.39 is 0 Å². The van der Waals surface area contributed by atoms with E-state index in [9.17, 15) is 14.4 Å². The summed E-state index contributed by atoms with van der Waals surface area (Å²) < 4.78 is 0. The molecule has 0 radical (unpaired) electrons. The van der Waals surface area contributed by atoms with Crippen molar-refractivity contribution in [2.75, 3.05) is 6.54 Å². The van der Waals surface area contributed by atoms with Crippen LogP contribution < -0.4 is 5.48 Å². The molecule has 24 heavy (non-hydrogen) atoms. The van der Waals surface area contributed by atoms with Crippen molar-refractivity contribution in [3.63, 3.8) is 0 Å². The third-order valence-electron chi connectivity index (χ3n) is 4.76. The Morgan fingerprint density at radius 3 is 2.33 bits per heavy atom. The summed E-state index contributed by atoms with van der Waals surface area (Å²) in [5.41, 5.74) is 3.31. The molecule has 0 bridgehead atoms. The van der Waals surface area contributed by atoms with Gasteiger partial charge in [-0.15, -0.1) is 0 Å². The maximum absolute atomic E-state index is 12.3. The van der Waals surface area contributed by atoms with Crippen molar-refractivity contribution in [2.24, 2.45) is 11.8 Å². The fraction of sp³-hybridized carbons (Fsp3) is 0.500. The van der Waals surface area contributed by atoms with Gasteiger partial charge in [-0.3, -0.25) is 24.1 Å². The highest BCUT2D eigenvalue weighted by Gasteiger charge is 2.47. The average Bonchev–Trinajstić information content (AvgIpc) is 2.85. The van der Waals surface area contributed by atoms with Gasteiger partial charge in [-0.05, 0) is 18.4 Å². The molecule has 1 saturated carbocycles. The van der Waals surface area contributed by atoms with Crippen molar-refractivity contribution in [1.29, 1.82) is 0 Å². The molecule has 6 nitrogen and oxygen atoms in total. The van der Waals surface area contributed by atoms with Crippen LogP contribution in [0, 0.1) is 11.8 Å². The van der Waals surface area contributed by atoms with Gasteiger partial charge in [0, 0.05) is 13.0 Å². The summed E-state index contributed by atoms with van der Waals surface area (Å²) in [6.45, 7) is 0.406. The molecule has 2 fully saturated rings. The maximum Gasteiger partial charge on any atom is 0.245 e. The van der Waals surface area contributed by atoms with Gasteiger partial charge in [-0.2, -0.15) is 0 Å². The lowest BCUT2D eigenvalue weighted by Gasteiger charge is -2.19. The number of fused-ring (bicyclic) bond motifs is 1. The third kappa shape index (κ3) is 3.64. The van der Waals surface area contributed by atoms with E-state index >= 15 is 0 Å². The fourth-order valence-corrected chi connectivity index (χ4v) is 3.49. The van der Waals surface area contributed by atoms with Crippen molar-refractivity contribution in [3.8, 4) is 0 Å². The molecule has 1 aliphatic heterocycles. The van der Waals surface area contributed by atoms with E-state index in [1.807, 2.05) is 30.3 Å². The summed E-state index contributed by atoms with van der Waals surface area (Å²) in [5.74, 6) is -0.876. The molecule has 128 valence electrons. The molecular formula is C18H22N2O4. The fourth-order valence-electron chi connectivity index (χ4n) is 3.49. The predicted octanol–water partition coefficient (Wildman–Crippen LogP) is 1.80. The summed E-state index contributed by atoms with van der Waals surface area (Å²) in [6, 6.07) is 9.49. The summed E-state index contributed by atoms with van der Waals surface area (Å²) in [7, 11) is 0. The minimum absolute atomic E-state index is 0.0612. The molecule has 1 saturated heterocycles. The van der Waals surface area contributed by atoms with Crippen molar-refractivity contribution in [3.05, 3.63) is 35.9 Å². The molecule has 3 amide bonds. The number of hydrogen-bond acceptors (Lipinski definition) is 4. The maximum atomic E-state index is 12.3. The SMILES string of the molecule is O=C(CCN1C(=O)[C@H]2CCCC[C@H]2C1=O)NOCc1ccccc1. The zero-order valence-corrected chi connectivity index (χ0v) is 13.6. The lowest BCUT2D eigenvalue weighted by Crippen LogP contribution is -2.35. The van der Waals surface area contributed by atoms with Gasteiger partial charge in [0.15, 0.2) is 0 Å². The number of hydrogen-bond donors (Lipinski definition) is 1. The monoisotopic (exact) mass is 330 g/mol. The van der Waals surface area contributed by atoms with Crippen molar-refractivity contribution < 1.29 is 19.2 Å². The van der Waals surface area contributed by atoms with Gasteiger partial charge in [-0.1, -0.05) is 43.2 Å². The Labute approximate surface area is 141 Å². The number of likely N-dealkylation sites (tertiary alicyclic amines) is 1. The second kappa shape index (κ2) is 7.57. The Morgan fingerprint density at radius 2 is 1.71 bits per heavy atom. The first-order valence-corrected chi connectivity index (χ1v) is 8.46. The highest BCUT2D eigenvalue weighted by molar-refractivity contribution is 6.05. The molecule has 1 aliphatic carbocycles. The molecule has 2 atom stereocenters. The number of carbonyl (C=O) groups excluding carboxylic acids is 3. The van der Waals surface area contributed by atoms with Crippen LogP contribution >= 0.6 is 0 Å². The number of carbonyl (C=O) groups is 3. The van der Waals surface area contributed by atoms with Gasteiger partial charge >= 0.3 is 0 Å². The van der Waals surface area contributed by atoms with Crippen LogP contribution in [0.15, 0.2) is 30.3 Å². The first-order valence-electron chi connectivity index (χ1n) is 8.46. The van der Waals surface area contributed by atoms with Gasteiger partial charge in [0.25, 0.3) is 0 Å². The zero-order chi connectivity index (χ0) is 16.9. The standard InChI is InChI=1S/C18H22N2O4/c21-16(19-24-12-13-6-2-1-3-7-13)10-11-20-17(22)14-8-4-5-9-15(14)18(20)23/h1-3,6-7,14-15H,4-5,8-12H2,(H,19,21)/t14-,15+. The van der Waals surface area contributed by atoms with Gasteiger partial charge in [-0.25, -0.2) is 5.48 Å². The second-order valence-electron chi connectivity index (χ2n) is 6.38. The van der Waals surface area contributed by atoms with Gasteiger partial charge < -0.3 is 0 Å². The number of nitrogens with zero attached hydrogens (tertiary/aromatic N) is 1. The molecule has 1 N–H and O–H groups in total. The van der Waals surface area contributed by atoms with Crippen molar-refractivity contribution in [2.45, 2.75) is 38.7 Å². The molecule has 0 unspecified atom stereocenters. The molecule has 1 aromatic carbocycles. The summed E-state index contributed by atoms with van der Waals surface area (Å²) >= 11 is 0. The first kappa shape index (κ1) is 16.6. The summed E-state index contributed by atoms with van der Waals surface area (Å²) in [4.78, 5) is 42.9. The second-order valence-corrected chi connectivity index (χ2v) is 6.38. The number of imide groups is 1. The van der Waals surface area contributed by atoms with Crippen LogP contribution in [0.4, 0.5) is 0 Å². The Kier molecular flexibility index (Phi) is 5.25. The quantitative estimate of drug-likeness (QED) is 0.637. The first-order chi connectivity index (χ1) is 11.7. The number of rotatable bonds is 6. The number of benzene rings is 1. The van der Waals surface area contributed by atoms with E-state index in [4.69, 9.17) is 4.84 Å². The van der Waals surface area contributed by atoms with Crippen molar-refractivity contribution in [1.82, 2.24) is 10.4 Å². The van der Waals surface area contributed by atoms with Crippen LogP contribution in [-0.2, 0) is 25.8 Å². The van der Waals surface area contributed by atoms with E-state index in [2.05, 4.69) is 5.48 Å². The number of nitrogens with one attached hydrogen (secondary N) is 1. The van der Waals surface area contributed by atoms with E-state index in [1.54, 1.807) is 0 Å². The Balaban J connectivity index is 1.42. The summed E-state index contributed by atoms with van der Waals surface area (Å²) in [6.07, 6.45) is 3.64. The largest absolute Gasteiger partial charge is 0.282 e. The van der Waals surface area contributed by atoms with E-state index in [1.165, 1.54) is 4.90 Å². The highest BCUT2D eigenvalue weighted by atomic mass is 16.6. The third-order valence-corrected chi connectivity index (χ3v) is 4.76. The predicted molar refractivity (Wildman–Crippen MR) is 86.2 cm³/mol. The number of hydroxylamine groups is 1. The smallest absolute Gasteiger partial charge is 0.245 e. The highest BCUT2D eigenvalue weighted by Crippen LogP contribution is 2.37. The van der Waals surface area contributed by atoms with Gasteiger partial charge in [0.1, 0.15) is 0 Å². The molecule has 2 aliphatic rings. The van der Waals surface area contributed by atoms with Gasteiger partial charge in [0.05, 0.1) is 18.4 Å². The molecule has 0 aromatic heterocycles. The Bertz CT molecular complexity index is 593. The molecule has 6 heteroatoms. The van der Waals surface area contributed by atoms with Crippen LogP contribution in [0.25, 0.3) is 0 Å². The van der Waals surface area contributed by atoms with Gasteiger partial charge in [0.2, 0.25) is 17.7 Å². The zero-order valence-electron chi connectivity index (χ0n) is 13.6. The lowest BCUT2D eigenvalue weighted by molar-refractivity contribution is -0.141. The normalized spacial score (nSPS) is 23.2. The Hall–Kier alpha value is -2.21. The van der Waals surface area contributed by atoms with Crippen molar-refractivity contribution >= 4 is 17.7 Å². The van der Waals surface area contributed by atoms with Crippen LogP contribution in [0.1, 0.15) is 37.7 Å². The minimum Gasteiger partial charge on any atom is -0.282 e. The Morgan fingerprint density at radius 1 is 1.08 bits per heavy atom. The van der Waals surface area contributed by atoms with E-state index in [0.29, 0.717) is 0 Å². The molecule has 0 spiro atoms. The molecular weight excluding hydrogens is 308 g/mol. The summed E-state index contributed by atoms with van der Waals surface area (Å²) in [5, 5.41) is 0. The number of amides is 3.